The number of hydrogen-bond donors (Lipinski definition) is 0. The van der Waals surface area contributed by atoms with Gasteiger partial charge in [0.15, 0.2) is 17.4 Å². The fraction of sp³-hybridized carbons (Fsp3) is 0.133. The Morgan fingerprint density at radius 1 is 1.11 bits per heavy atom. The highest BCUT2D eigenvalue weighted by Gasteiger charge is 2.17. The van der Waals surface area contributed by atoms with Crippen molar-refractivity contribution in [1.82, 2.24) is 0 Å². The number of aryl methyl sites for hydroxylation is 1. The van der Waals surface area contributed by atoms with Crippen LogP contribution in [0.3, 0.4) is 0 Å². The van der Waals surface area contributed by atoms with Crippen LogP contribution in [-0.2, 0) is 6.42 Å². The number of benzene rings is 2. The fourth-order valence-corrected chi connectivity index (χ4v) is 2.20. The van der Waals surface area contributed by atoms with Gasteiger partial charge >= 0.3 is 0 Å². The Labute approximate surface area is 118 Å². The van der Waals surface area contributed by atoms with E-state index in [2.05, 4.69) is 15.9 Å². The third-order valence-corrected chi connectivity index (χ3v) is 3.66. The van der Waals surface area contributed by atoms with Crippen LogP contribution in [0.4, 0.5) is 8.78 Å². The van der Waals surface area contributed by atoms with E-state index in [1.165, 1.54) is 19.1 Å². The molecule has 0 radical (unpaired) electrons. The maximum atomic E-state index is 13.7. The van der Waals surface area contributed by atoms with E-state index in [1.807, 2.05) is 6.07 Å². The molecule has 0 N–H and O–H groups in total. The zero-order valence-electron chi connectivity index (χ0n) is 10.2. The first-order chi connectivity index (χ1) is 9.00. The lowest BCUT2D eigenvalue weighted by atomic mass is 10.0. The minimum absolute atomic E-state index is 0.0286. The van der Waals surface area contributed by atoms with Crippen molar-refractivity contribution in [3.63, 3.8) is 0 Å². The highest BCUT2D eigenvalue weighted by molar-refractivity contribution is 9.10. The molecule has 0 saturated carbocycles. The summed E-state index contributed by atoms with van der Waals surface area (Å²) in [5, 5.41) is 0. The van der Waals surface area contributed by atoms with E-state index in [-0.39, 0.29) is 17.5 Å². The van der Waals surface area contributed by atoms with Crippen LogP contribution in [0.25, 0.3) is 0 Å². The highest BCUT2D eigenvalue weighted by atomic mass is 79.9. The smallest absolute Gasteiger partial charge is 0.170 e. The topological polar surface area (TPSA) is 17.1 Å². The van der Waals surface area contributed by atoms with Gasteiger partial charge in [0.1, 0.15) is 0 Å². The van der Waals surface area contributed by atoms with Gasteiger partial charge in [0.05, 0.1) is 5.56 Å². The lowest BCUT2D eigenvalue weighted by Gasteiger charge is -2.06. The molecule has 0 amide bonds. The first-order valence-corrected chi connectivity index (χ1v) is 6.51. The van der Waals surface area contributed by atoms with Crippen molar-refractivity contribution in [1.29, 1.82) is 0 Å². The Morgan fingerprint density at radius 2 is 1.79 bits per heavy atom. The van der Waals surface area contributed by atoms with E-state index in [0.717, 1.165) is 10.0 Å². The van der Waals surface area contributed by atoms with Gasteiger partial charge in [0.2, 0.25) is 0 Å². The maximum Gasteiger partial charge on any atom is 0.170 e. The average Bonchev–Trinajstić information content (AvgIpc) is 2.39. The van der Waals surface area contributed by atoms with Gasteiger partial charge in [0.25, 0.3) is 0 Å². The second-order valence-corrected chi connectivity index (χ2v) is 5.10. The summed E-state index contributed by atoms with van der Waals surface area (Å²) in [5.74, 6) is -2.47. The van der Waals surface area contributed by atoms with Gasteiger partial charge in [-0.15, -0.1) is 0 Å². The second kappa shape index (κ2) is 5.61. The standard InChI is InChI=1S/C15H11BrF2O/c1-9-6-7-11(15(18)14(9)17)13(19)8-10-4-2-3-5-12(10)16/h2-7H,8H2,1H3. The van der Waals surface area contributed by atoms with Crippen LogP contribution in [0.15, 0.2) is 40.9 Å². The largest absolute Gasteiger partial charge is 0.294 e. The van der Waals surface area contributed by atoms with Crippen molar-refractivity contribution >= 4 is 21.7 Å². The van der Waals surface area contributed by atoms with E-state index in [9.17, 15) is 13.6 Å². The van der Waals surface area contributed by atoms with Crippen molar-refractivity contribution in [2.75, 3.05) is 0 Å². The molecule has 19 heavy (non-hydrogen) atoms. The van der Waals surface area contributed by atoms with Crippen LogP contribution >= 0.6 is 15.9 Å². The molecule has 0 unspecified atom stereocenters. The van der Waals surface area contributed by atoms with Crippen molar-refractivity contribution in [3.05, 3.63) is 69.2 Å². The molecule has 0 aliphatic heterocycles. The number of hydrogen-bond acceptors (Lipinski definition) is 1. The van der Waals surface area contributed by atoms with E-state index in [4.69, 9.17) is 0 Å². The van der Waals surface area contributed by atoms with Gasteiger partial charge in [-0.1, -0.05) is 40.2 Å². The molecule has 0 aromatic heterocycles. The number of ketones is 1. The summed E-state index contributed by atoms with van der Waals surface area (Å²) in [4.78, 5) is 12.0. The Hall–Kier alpha value is -1.55. The van der Waals surface area contributed by atoms with Crippen molar-refractivity contribution in [2.45, 2.75) is 13.3 Å². The quantitative estimate of drug-likeness (QED) is 0.762. The highest BCUT2D eigenvalue weighted by Crippen LogP contribution is 2.21. The Kier molecular flexibility index (Phi) is 4.10. The van der Waals surface area contributed by atoms with Crippen LogP contribution < -0.4 is 0 Å². The number of rotatable bonds is 3. The van der Waals surface area contributed by atoms with Gasteiger partial charge in [-0.25, -0.2) is 8.78 Å². The lowest BCUT2D eigenvalue weighted by Crippen LogP contribution is -2.08. The molecule has 0 aliphatic rings. The molecular formula is C15H11BrF2O. The molecule has 0 saturated heterocycles. The molecule has 2 rings (SSSR count). The number of carbonyl (C=O) groups excluding carboxylic acids is 1. The summed E-state index contributed by atoms with van der Waals surface area (Å²) in [5.41, 5.74) is 0.724. The first-order valence-electron chi connectivity index (χ1n) is 5.72. The molecule has 4 heteroatoms. The minimum atomic E-state index is -1.07. The summed E-state index contributed by atoms with van der Waals surface area (Å²) >= 11 is 3.32. The summed E-state index contributed by atoms with van der Waals surface area (Å²) in [6, 6.07) is 9.92. The van der Waals surface area contributed by atoms with Gasteiger partial charge in [-0.3, -0.25) is 4.79 Å². The molecule has 0 atom stereocenters. The van der Waals surface area contributed by atoms with E-state index < -0.39 is 17.4 Å². The summed E-state index contributed by atoms with van der Waals surface area (Å²) < 4.78 is 27.9. The second-order valence-electron chi connectivity index (χ2n) is 4.25. The van der Waals surface area contributed by atoms with Crippen LogP contribution in [0.5, 0.6) is 0 Å². The molecule has 1 nitrogen and oxygen atoms in total. The Morgan fingerprint density at radius 3 is 2.47 bits per heavy atom. The SMILES string of the molecule is Cc1ccc(C(=O)Cc2ccccc2Br)c(F)c1F. The molecule has 2 aromatic rings. The molecule has 98 valence electrons. The fourth-order valence-electron chi connectivity index (χ4n) is 1.77. The predicted octanol–water partition coefficient (Wildman–Crippen LogP) is 4.46. The molecule has 0 heterocycles. The Bertz CT molecular complexity index is 638. The predicted molar refractivity (Wildman–Crippen MR) is 73.3 cm³/mol. The van der Waals surface area contributed by atoms with Crippen LogP contribution in [0.2, 0.25) is 0 Å². The third-order valence-electron chi connectivity index (χ3n) is 2.88. The van der Waals surface area contributed by atoms with Crippen molar-refractivity contribution < 1.29 is 13.6 Å². The summed E-state index contributed by atoms with van der Waals surface area (Å²) in [7, 11) is 0. The number of halogens is 3. The molecule has 0 spiro atoms. The minimum Gasteiger partial charge on any atom is -0.294 e. The van der Waals surface area contributed by atoms with E-state index in [0.29, 0.717) is 0 Å². The molecule has 0 bridgehead atoms. The van der Waals surface area contributed by atoms with Gasteiger partial charge in [-0.05, 0) is 30.2 Å². The van der Waals surface area contributed by atoms with Crippen LogP contribution in [0, 0.1) is 18.6 Å². The summed E-state index contributed by atoms with van der Waals surface area (Å²) in [6.45, 7) is 1.46. The zero-order valence-corrected chi connectivity index (χ0v) is 11.8. The lowest BCUT2D eigenvalue weighted by molar-refractivity contribution is 0.0988. The maximum absolute atomic E-state index is 13.7. The third kappa shape index (κ3) is 2.89. The normalized spacial score (nSPS) is 10.5. The van der Waals surface area contributed by atoms with Gasteiger partial charge in [0, 0.05) is 10.9 Å². The molecule has 0 fully saturated rings. The van der Waals surface area contributed by atoms with Gasteiger partial charge < -0.3 is 0 Å². The van der Waals surface area contributed by atoms with Crippen LogP contribution in [0.1, 0.15) is 21.5 Å². The average molecular weight is 325 g/mol. The van der Waals surface area contributed by atoms with Crippen molar-refractivity contribution in [3.8, 4) is 0 Å². The first kappa shape index (κ1) is 13.9. The van der Waals surface area contributed by atoms with Gasteiger partial charge in [-0.2, -0.15) is 0 Å². The molecule has 0 aliphatic carbocycles. The monoisotopic (exact) mass is 324 g/mol. The number of Topliss-reactive ketones (excluding diaryl/α,β-unsaturated/α-hetero) is 1. The zero-order chi connectivity index (χ0) is 14.0. The molecule has 2 aromatic carbocycles. The van der Waals surface area contributed by atoms with Crippen molar-refractivity contribution in [2.24, 2.45) is 0 Å². The Balaban J connectivity index is 2.31. The number of carbonyl (C=O) groups is 1. The van der Waals surface area contributed by atoms with E-state index in [1.54, 1.807) is 18.2 Å². The van der Waals surface area contributed by atoms with Crippen LogP contribution in [-0.4, -0.2) is 5.78 Å². The summed E-state index contributed by atoms with van der Waals surface area (Å²) in [6.07, 6.45) is 0.0286. The molecular weight excluding hydrogens is 314 g/mol. The van der Waals surface area contributed by atoms with E-state index >= 15 is 0 Å².